The minimum Gasteiger partial charge on any atom is -0.324 e. The maximum Gasteiger partial charge on any atom is 0.252 e. The van der Waals surface area contributed by atoms with Gasteiger partial charge in [0.2, 0.25) is 5.91 Å². The summed E-state index contributed by atoms with van der Waals surface area (Å²) in [5.74, 6) is -0.654. The van der Waals surface area contributed by atoms with Crippen LogP contribution >= 0.6 is 22.9 Å². The average Bonchev–Trinajstić information content (AvgIpc) is 3.15. The molecule has 1 aliphatic heterocycles. The van der Waals surface area contributed by atoms with Crippen LogP contribution in [0.5, 0.6) is 0 Å². The number of carbonyl (C=O) groups is 1. The third-order valence-corrected chi connectivity index (χ3v) is 8.54. The lowest BCUT2D eigenvalue weighted by Gasteiger charge is -2.30. The molecule has 9 heteroatoms. The maximum absolute atomic E-state index is 12.9. The van der Waals surface area contributed by atoms with Crippen molar-refractivity contribution >= 4 is 55.5 Å². The number of hydrogen-bond donors (Lipinski definition) is 1. The highest BCUT2D eigenvalue weighted by molar-refractivity contribution is 7.91. The maximum atomic E-state index is 12.9. The molecule has 1 unspecified atom stereocenters. The first kappa shape index (κ1) is 20.3. The molecule has 1 fully saturated rings. The Hall–Kier alpha value is -2.00. The van der Waals surface area contributed by atoms with Gasteiger partial charge in [-0.15, -0.1) is 11.3 Å². The monoisotopic (exact) mass is 449 g/mol. The number of amides is 1. The Morgan fingerprint density at radius 2 is 2.14 bits per heavy atom. The van der Waals surface area contributed by atoms with Gasteiger partial charge in [-0.2, -0.15) is 4.31 Å². The summed E-state index contributed by atoms with van der Waals surface area (Å²) in [6.45, 7) is 2.46. The van der Waals surface area contributed by atoms with Crippen LogP contribution < -0.4 is 5.32 Å². The molecule has 1 aromatic carbocycles. The van der Waals surface area contributed by atoms with E-state index in [1.165, 1.54) is 15.6 Å². The molecule has 1 aliphatic rings. The molecule has 1 atom stereocenters. The van der Waals surface area contributed by atoms with E-state index in [2.05, 4.69) is 10.3 Å². The Balaban J connectivity index is 1.54. The molecule has 1 N–H and O–H groups in total. The molecule has 0 bridgehead atoms. The van der Waals surface area contributed by atoms with Crippen molar-refractivity contribution in [3.8, 4) is 0 Å². The smallest absolute Gasteiger partial charge is 0.252 e. The predicted octanol–water partition coefficient (Wildman–Crippen LogP) is 4.30. The molecule has 1 saturated heterocycles. The van der Waals surface area contributed by atoms with Gasteiger partial charge in [0.25, 0.3) is 10.0 Å². The number of anilines is 1. The number of carbonyl (C=O) groups excluding carboxylic acids is 1. The van der Waals surface area contributed by atoms with Crippen LogP contribution in [0.15, 0.2) is 46.8 Å². The Bertz CT molecular complexity index is 1180. The van der Waals surface area contributed by atoms with Gasteiger partial charge in [0, 0.05) is 34.6 Å². The summed E-state index contributed by atoms with van der Waals surface area (Å²) < 4.78 is 27.6. The molecule has 152 valence electrons. The van der Waals surface area contributed by atoms with E-state index >= 15 is 0 Å². The highest BCUT2D eigenvalue weighted by Crippen LogP contribution is 2.30. The van der Waals surface area contributed by atoms with Crippen LogP contribution in [0.1, 0.15) is 17.7 Å². The van der Waals surface area contributed by atoms with Gasteiger partial charge in [-0.1, -0.05) is 17.7 Å². The lowest BCUT2D eigenvalue weighted by molar-refractivity contribution is -0.120. The molecular weight excluding hydrogens is 430 g/mol. The standard InChI is InChI=1S/C20H20ClN3O3S2/c1-13-6-7-18(28-13)29(26,27)24-9-3-5-15(12-24)20(25)23-17-11-16(21)10-14-4-2-8-22-19(14)17/h2,4,6-8,10-11,15H,3,5,9,12H2,1H3,(H,23,25). The number of thiophene rings is 1. The molecule has 0 saturated carbocycles. The largest absolute Gasteiger partial charge is 0.324 e. The number of piperidine rings is 1. The van der Waals surface area contributed by atoms with Gasteiger partial charge in [0.05, 0.1) is 17.1 Å². The number of benzene rings is 1. The number of halogens is 1. The topological polar surface area (TPSA) is 79.4 Å². The molecule has 4 rings (SSSR count). The van der Waals surface area contributed by atoms with Crippen LogP contribution in [0.3, 0.4) is 0 Å². The van der Waals surface area contributed by atoms with Gasteiger partial charge in [-0.05, 0) is 50.1 Å². The summed E-state index contributed by atoms with van der Waals surface area (Å²) in [7, 11) is -3.58. The number of nitrogens with zero attached hydrogens (tertiary/aromatic N) is 2. The molecule has 29 heavy (non-hydrogen) atoms. The van der Waals surface area contributed by atoms with Crippen LogP contribution in [0, 0.1) is 12.8 Å². The lowest BCUT2D eigenvalue weighted by Crippen LogP contribution is -2.43. The quantitative estimate of drug-likeness (QED) is 0.644. The van der Waals surface area contributed by atoms with Crippen molar-refractivity contribution in [1.82, 2.24) is 9.29 Å². The highest BCUT2D eigenvalue weighted by Gasteiger charge is 2.34. The minimum atomic E-state index is -3.58. The Labute approximate surface area is 178 Å². The molecule has 1 amide bonds. The first-order valence-electron chi connectivity index (χ1n) is 9.26. The van der Waals surface area contributed by atoms with Gasteiger partial charge in [0.15, 0.2) is 0 Å². The van der Waals surface area contributed by atoms with Crippen molar-refractivity contribution in [1.29, 1.82) is 0 Å². The van der Waals surface area contributed by atoms with Crippen LogP contribution in [-0.2, 0) is 14.8 Å². The van der Waals surface area contributed by atoms with Gasteiger partial charge < -0.3 is 5.32 Å². The molecular formula is C20H20ClN3O3S2. The molecule has 0 spiro atoms. The third-order valence-electron chi connectivity index (χ3n) is 4.99. The molecule has 0 radical (unpaired) electrons. The molecule has 3 heterocycles. The first-order chi connectivity index (χ1) is 13.8. The van der Waals surface area contributed by atoms with Crippen molar-refractivity contribution in [2.45, 2.75) is 24.0 Å². The summed E-state index contributed by atoms with van der Waals surface area (Å²) in [5, 5.41) is 4.24. The van der Waals surface area contributed by atoms with Crippen molar-refractivity contribution in [3.05, 3.63) is 52.5 Å². The predicted molar refractivity (Wildman–Crippen MR) is 116 cm³/mol. The molecule has 6 nitrogen and oxygen atoms in total. The van der Waals surface area contributed by atoms with Crippen LogP contribution in [0.2, 0.25) is 5.02 Å². The highest BCUT2D eigenvalue weighted by atomic mass is 35.5. The third kappa shape index (κ3) is 4.16. The molecule has 0 aliphatic carbocycles. The van der Waals surface area contributed by atoms with E-state index in [1.807, 2.05) is 13.0 Å². The zero-order valence-corrected chi connectivity index (χ0v) is 18.1. The second-order valence-electron chi connectivity index (χ2n) is 7.09. The number of pyridine rings is 1. The van der Waals surface area contributed by atoms with Crippen molar-refractivity contribution in [2.24, 2.45) is 5.92 Å². The summed E-state index contributed by atoms with van der Waals surface area (Å²) in [5.41, 5.74) is 1.19. The minimum absolute atomic E-state index is 0.164. The zero-order chi connectivity index (χ0) is 20.6. The van der Waals surface area contributed by atoms with Crippen molar-refractivity contribution in [2.75, 3.05) is 18.4 Å². The van der Waals surface area contributed by atoms with E-state index in [-0.39, 0.29) is 12.5 Å². The lowest BCUT2D eigenvalue weighted by atomic mass is 9.98. The zero-order valence-electron chi connectivity index (χ0n) is 15.8. The number of aromatic nitrogens is 1. The number of hydrogen-bond acceptors (Lipinski definition) is 5. The number of fused-ring (bicyclic) bond motifs is 1. The fourth-order valence-corrected chi connectivity index (χ4v) is 6.73. The van der Waals surface area contributed by atoms with E-state index in [4.69, 9.17) is 11.6 Å². The molecule has 2 aromatic heterocycles. The van der Waals surface area contributed by atoms with E-state index < -0.39 is 15.9 Å². The summed E-state index contributed by atoms with van der Waals surface area (Å²) in [6, 6.07) is 10.6. The average molecular weight is 450 g/mol. The van der Waals surface area contributed by atoms with Crippen LogP contribution in [0.4, 0.5) is 5.69 Å². The van der Waals surface area contributed by atoms with Crippen LogP contribution in [0.25, 0.3) is 10.9 Å². The summed E-state index contributed by atoms with van der Waals surface area (Å²) in [4.78, 5) is 18.2. The Kier molecular flexibility index (Phi) is 5.61. The normalized spacial score (nSPS) is 18.1. The fraction of sp³-hybridized carbons (Fsp3) is 0.300. The van der Waals surface area contributed by atoms with E-state index in [1.54, 1.807) is 36.5 Å². The first-order valence-corrected chi connectivity index (χ1v) is 11.9. The van der Waals surface area contributed by atoms with Gasteiger partial charge in [-0.25, -0.2) is 8.42 Å². The second kappa shape index (κ2) is 8.02. The van der Waals surface area contributed by atoms with E-state index in [0.29, 0.717) is 39.8 Å². The van der Waals surface area contributed by atoms with Gasteiger partial charge in [-0.3, -0.25) is 9.78 Å². The number of rotatable bonds is 4. The number of aryl methyl sites for hydroxylation is 1. The molecule has 3 aromatic rings. The number of sulfonamides is 1. The summed E-state index contributed by atoms with van der Waals surface area (Å²) >= 11 is 7.43. The van der Waals surface area contributed by atoms with Gasteiger partial charge >= 0.3 is 0 Å². The number of nitrogens with one attached hydrogen (secondary N) is 1. The van der Waals surface area contributed by atoms with Crippen molar-refractivity contribution in [3.63, 3.8) is 0 Å². The SMILES string of the molecule is Cc1ccc(S(=O)(=O)N2CCCC(C(=O)Nc3cc(Cl)cc4cccnc34)C2)s1. The Morgan fingerprint density at radius 3 is 2.90 bits per heavy atom. The van der Waals surface area contributed by atoms with Crippen LogP contribution in [-0.4, -0.2) is 36.7 Å². The summed E-state index contributed by atoms with van der Waals surface area (Å²) in [6.07, 6.45) is 2.92. The van der Waals surface area contributed by atoms with Crippen molar-refractivity contribution < 1.29 is 13.2 Å². The Morgan fingerprint density at radius 1 is 1.31 bits per heavy atom. The van der Waals surface area contributed by atoms with E-state index in [0.717, 1.165) is 10.3 Å². The van der Waals surface area contributed by atoms with Gasteiger partial charge in [0.1, 0.15) is 4.21 Å². The fourth-order valence-electron chi connectivity index (χ4n) is 3.54. The second-order valence-corrected chi connectivity index (χ2v) is 11.0. The van der Waals surface area contributed by atoms with E-state index in [9.17, 15) is 13.2 Å².